The van der Waals surface area contributed by atoms with Gasteiger partial charge < -0.3 is 15.0 Å². The first kappa shape index (κ1) is 27.8. The molecule has 11 heteroatoms. The van der Waals surface area contributed by atoms with Crippen molar-refractivity contribution in [1.29, 1.82) is 0 Å². The summed E-state index contributed by atoms with van der Waals surface area (Å²) >= 11 is 0. The van der Waals surface area contributed by atoms with Crippen molar-refractivity contribution in [3.8, 4) is 0 Å². The molecule has 204 valence electrons. The Morgan fingerprint density at radius 2 is 1.69 bits per heavy atom. The SMILES string of the molecule is COCCN(CC(=O)N1N=C(c2ccccc2F)C[C@@H]1c1ccccc1)C(=O)Nc1ccc(C(F)(F)F)cc1. The number of nitrogens with zero attached hydrogens (tertiary/aromatic N) is 3. The molecule has 7 nitrogen and oxygen atoms in total. The molecule has 0 spiro atoms. The molecule has 0 saturated heterocycles. The van der Waals surface area contributed by atoms with Gasteiger partial charge in [0, 0.05) is 31.3 Å². The van der Waals surface area contributed by atoms with Gasteiger partial charge in [0.15, 0.2) is 0 Å². The van der Waals surface area contributed by atoms with Crippen LogP contribution in [-0.4, -0.2) is 54.4 Å². The van der Waals surface area contributed by atoms with Gasteiger partial charge in [-0.3, -0.25) is 4.79 Å². The van der Waals surface area contributed by atoms with Crippen molar-refractivity contribution in [3.63, 3.8) is 0 Å². The van der Waals surface area contributed by atoms with Gasteiger partial charge in [-0.2, -0.15) is 18.3 Å². The second-order valence-electron chi connectivity index (χ2n) is 8.82. The lowest BCUT2D eigenvalue weighted by Gasteiger charge is -2.27. The van der Waals surface area contributed by atoms with Crippen molar-refractivity contribution in [2.24, 2.45) is 5.10 Å². The Morgan fingerprint density at radius 1 is 1.03 bits per heavy atom. The predicted molar refractivity (Wildman–Crippen MR) is 137 cm³/mol. The number of nitrogens with one attached hydrogen (secondary N) is 1. The number of hydrazone groups is 1. The Balaban J connectivity index is 1.55. The zero-order valence-electron chi connectivity index (χ0n) is 21.0. The molecule has 3 amide bonds. The van der Waals surface area contributed by atoms with Crippen molar-refractivity contribution >= 4 is 23.3 Å². The summed E-state index contributed by atoms with van der Waals surface area (Å²) < 4.78 is 58.2. The van der Waals surface area contributed by atoms with Crippen molar-refractivity contribution in [2.45, 2.75) is 18.6 Å². The number of alkyl halides is 3. The highest BCUT2D eigenvalue weighted by Gasteiger charge is 2.35. The van der Waals surface area contributed by atoms with Gasteiger partial charge in [-0.15, -0.1) is 0 Å². The molecule has 3 aromatic carbocycles. The van der Waals surface area contributed by atoms with E-state index in [1.807, 2.05) is 30.3 Å². The molecule has 0 saturated carbocycles. The number of ether oxygens (including phenoxy) is 1. The Labute approximate surface area is 222 Å². The fourth-order valence-electron chi connectivity index (χ4n) is 4.17. The van der Waals surface area contributed by atoms with Crippen LogP contribution in [0.1, 0.15) is 29.2 Å². The number of carbonyl (C=O) groups excluding carboxylic acids is 2. The van der Waals surface area contributed by atoms with Crippen LogP contribution in [0, 0.1) is 5.82 Å². The topological polar surface area (TPSA) is 74.2 Å². The minimum atomic E-state index is -4.51. The van der Waals surface area contributed by atoms with E-state index in [-0.39, 0.29) is 30.8 Å². The molecule has 1 aliphatic rings. The Bertz CT molecular complexity index is 1330. The first-order valence-corrected chi connectivity index (χ1v) is 12.1. The fraction of sp³-hybridized carbons (Fsp3) is 0.250. The van der Waals surface area contributed by atoms with Crippen LogP contribution in [0.25, 0.3) is 0 Å². The summed E-state index contributed by atoms with van der Waals surface area (Å²) in [6, 6.07) is 18.1. The maximum atomic E-state index is 14.5. The number of hydrogen-bond donors (Lipinski definition) is 1. The summed E-state index contributed by atoms with van der Waals surface area (Å²) in [5, 5.41) is 8.22. The van der Waals surface area contributed by atoms with E-state index in [1.165, 1.54) is 23.1 Å². The molecular weight excluding hydrogens is 516 g/mol. The van der Waals surface area contributed by atoms with Crippen LogP contribution in [0.4, 0.5) is 28.0 Å². The molecule has 4 rings (SSSR count). The minimum Gasteiger partial charge on any atom is -0.383 e. The molecule has 1 atom stereocenters. The lowest BCUT2D eigenvalue weighted by atomic mass is 9.98. The first-order valence-electron chi connectivity index (χ1n) is 12.1. The number of halogens is 4. The van der Waals surface area contributed by atoms with Crippen molar-refractivity contribution < 1.29 is 31.9 Å². The summed E-state index contributed by atoms with van der Waals surface area (Å²) in [6.45, 7) is -0.255. The van der Waals surface area contributed by atoms with Gasteiger partial charge in [0.1, 0.15) is 12.4 Å². The van der Waals surface area contributed by atoms with Crippen LogP contribution in [0.3, 0.4) is 0 Å². The average molecular weight is 543 g/mol. The van der Waals surface area contributed by atoms with Gasteiger partial charge in [0.2, 0.25) is 0 Å². The third-order valence-corrected chi connectivity index (χ3v) is 6.18. The zero-order valence-corrected chi connectivity index (χ0v) is 21.0. The monoisotopic (exact) mass is 542 g/mol. The molecule has 3 aromatic rings. The lowest BCUT2D eigenvalue weighted by Crippen LogP contribution is -2.44. The van der Waals surface area contributed by atoms with Crippen LogP contribution >= 0.6 is 0 Å². The summed E-state index contributed by atoms with van der Waals surface area (Å²) in [5.74, 6) is -0.983. The fourth-order valence-corrected chi connectivity index (χ4v) is 4.17. The largest absolute Gasteiger partial charge is 0.416 e. The van der Waals surface area contributed by atoms with Gasteiger partial charge in [-0.05, 0) is 35.9 Å². The number of hydrogen-bond acceptors (Lipinski definition) is 4. The third kappa shape index (κ3) is 6.80. The highest BCUT2D eigenvalue weighted by atomic mass is 19.4. The third-order valence-electron chi connectivity index (χ3n) is 6.18. The Morgan fingerprint density at radius 3 is 2.33 bits per heavy atom. The van der Waals surface area contributed by atoms with E-state index >= 15 is 0 Å². The molecular formula is C28H26F4N4O3. The molecule has 0 unspecified atom stereocenters. The number of urea groups is 1. The van der Waals surface area contributed by atoms with Gasteiger partial charge >= 0.3 is 12.2 Å². The van der Waals surface area contributed by atoms with E-state index in [0.29, 0.717) is 5.71 Å². The zero-order chi connectivity index (χ0) is 28.0. The molecule has 1 heterocycles. The number of methoxy groups -OCH3 is 1. The van der Waals surface area contributed by atoms with Crippen LogP contribution in [0.5, 0.6) is 0 Å². The summed E-state index contributed by atoms with van der Waals surface area (Å²) in [5.41, 5.74) is 0.749. The van der Waals surface area contributed by atoms with E-state index in [9.17, 15) is 27.2 Å². The van der Waals surface area contributed by atoms with Gasteiger partial charge in [0.25, 0.3) is 5.91 Å². The highest BCUT2D eigenvalue weighted by molar-refractivity contribution is 6.03. The molecule has 1 N–H and O–H groups in total. The number of rotatable bonds is 8. The summed E-state index contributed by atoms with van der Waals surface area (Å²) in [4.78, 5) is 27.7. The van der Waals surface area contributed by atoms with E-state index in [4.69, 9.17) is 4.74 Å². The predicted octanol–water partition coefficient (Wildman–Crippen LogP) is 5.70. The minimum absolute atomic E-state index is 0.0302. The van der Waals surface area contributed by atoms with Crippen LogP contribution in [-0.2, 0) is 15.7 Å². The first-order chi connectivity index (χ1) is 18.7. The van der Waals surface area contributed by atoms with Crippen LogP contribution < -0.4 is 5.32 Å². The highest BCUT2D eigenvalue weighted by Crippen LogP contribution is 2.33. The van der Waals surface area contributed by atoms with Crippen LogP contribution in [0.15, 0.2) is 84.0 Å². The maximum Gasteiger partial charge on any atom is 0.416 e. The standard InChI is InChI=1S/C28H26F4N4O3/c1-39-16-15-35(27(38)33-21-13-11-20(12-14-21)28(30,31)32)18-26(37)36-25(19-7-3-2-4-8-19)17-24(34-36)22-9-5-6-10-23(22)29/h2-14,25H,15-18H2,1H3,(H,33,38)/t25-/m1/s1. The van der Waals surface area contributed by atoms with Gasteiger partial charge in [-0.1, -0.05) is 48.5 Å². The number of benzene rings is 3. The normalized spacial score (nSPS) is 15.2. The lowest BCUT2D eigenvalue weighted by molar-refractivity contribution is -0.137. The number of anilines is 1. The molecule has 0 aliphatic carbocycles. The summed E-state index contributed by atoms with van der Waals surface area (Å²) in [6.07, 6.45) is -4.24. The molecule has 0 radical (unpaired) electrons. The molecule has 39 heavy (non-hydrogen) atoms. The van der Waals surface area contributed by atoms with E-state index in [2.05, 4.69) is 10.4 Å². The Hall–Kier alpha value is -4.25. The number of amides is 3. The van der Waals surface area contributed by atoms with E-state index in [0.717, 1.165) is 29.8 Å². The summed E-state index contributed by atoms with van der Waals surface area (Å²) in [7, 11) is 1.44. The molecule has 0 aromatic heterocycles. The second kappa shape index (κ2) is 12.1. The quantitative estimate of drug-likeness (QED) is 0.371. The van der Waals surface area contributed by atoms with Crippen LogP contribution in [0.2, 0.25) is 0 Å². The van der Waals surface area contributed by atoms with E-state index < -0.39 is 42.1 Å². The van der Waals surface area contributed by atoms with Gasteiger partial charge in [0.05, 0.1) is 23.9 Å². The van der Waals surface area contributed by atoms with Crippen molar-refractivity contribution in [1.82, 2.24) is 9.91 Å². The average Bonchev–Trinajstić information content (AvgIpc) is 3.37. The van der Waals surface area contributed by atoms with Gasteiger partial charge in [-0.25, -0.2) is 14.2 Å². The molecule has 0 fully saturated rings. The Kier molecular flexibility index (Phi) is 8.60. The van der Waals surface area contributed by atoms with E-state index in [1.54, 1.807) is 18.2 Å². The second-order valence-corrected chi connectivity index (χ2v) is 8.82. The molecule has 0 bridgehead atoms. The maximum absolute atomic E-state index is 14.5. The molecule has 1 aliphatic heterocycles. The smallest absolute Gasteiger partial charge is 0.383 e. The number of carbonyl (C=O) groups is 2. The van der Waals surface area contributed by atoms with Crippen molar-refractivity contribution in [2.75, 3.05) is 32.1 Å². The van der Waals surface area contributed by atoms with Crippen molar-refractivity contribution in [3.05, 3.63) is 101 Å².